The van der Waals surface area contributed by atoms with Crippen LogP contribution in [-0.2, 0) is 16.1 Å². The van der Waals surface area contributed by atoms with E-state index in [2.05, 4.69) is 5.10 Å². The van der Waals surface area contributed by atoms with Crippen molar-refractivity contribution in [3.8, 4) is 0 Å². The number of carboxylic acid groups (broad SMARTS) is 1. The summed E-state index contributed by atoms with van der Waals surface area (Å²) in [6, 6.07) is 1.13. The molecule has 1 amide bonds. The summed E-state index contributed by atoms with van der Waals surface area (Å²) in [5, 5.41) is 22.8. The lowest BCUT2D eigenvalue weighted by atomic mass is 10.2. The zero-order valence-electron chi connectivity index (χ0n) is 11.9. The Kier molecular flexibility index (Phi) is 5.82. The number of hydrogen-bond donors (Lipinski definition) is 1. The Morgan fingerprint density at radius 1 is 1.52 bits per heavy atom. The molecule has 0 fully saturated rings. The van der Waals surface area contributed by atoms with Crippen molar-refractivity contribution in [2.75, 3.05) is 6.54 Å². The van der Waals surface area contributed by atoms with E-state index in [9.17, 15) is 19.7 Å². The van der Waals surface area contributed by atoms with Gasteiger partial charge in [-0.25, -0.2) is 0 Å². The van der Waals surface area contributed by atoms with E-state index in [0.29, 0.717) is 13.0 Å². The lowest BCUT2D eigenvalue weighted by Crippen LogP contribution is -2.40. The van der Waals surface area contributed by atoms with Gasteiger partial charge in [-0.05, 0) is 25.2 Å². The molecule has 116 valence electrons. The molecule has 1 N–H and O–H groups in total. The topological polar surface area (TPSA) is 119 Å². The predicted molar refractivity (Wildman–Crippen MR) is 72.6 cm³/mol. The molecule has 0 aliphatic carbocycles. The van der Waals surface area contributed by atoms with Crippen molar-refractivity contribution in [3.63, 3.8) is 0 Å². The van der Waals surface area contributed by atoms with Crippen LogP contribution in [0.3, 0.4) is 0 Å². The van der Waals surface area contributed by atoms with Gasteiger partial charge in [0.15, 0.2) is 0 Å². The maximum absolute atomic E-state index is 12.2. The quantitative estimate of drug-likeness (QED) is 0.562. The highest BCUT2D eigenvalue weighted by Gasteiger charge is 2.20. The van der Waals surface area contributed by atoms with Gasteiger partial charge in [-0.3, -0.25) is 9.59 Å². The molecule has 1 aromatic heterocycles. The van der Waals surface area contributed by atoms with Gasteiger partial charge in [-0.1, -0.05) is 0 Å². The first-order valence-corrected chi connectivity index (χ1v) is 6.50. The van der Waals surface area contributed by atoms with E-state index in [0.717, 1.165) is 0 Å². The van der Waals surface area contributed by atoms with Crippen molar-refractivity contribution in [1.29, 1.82) is 0 Å². The number of nitro groups is 1. The second kappa shape index (κ2) is 7.36. The van der Waals surface area contributed by atoms with Crippen LogP contribution in [0, 0.1) is 10.1 Å². The predicted octanol–water partition coefficient (Wildman–Crippen LogP) is 0.893. The Morgan fingerprint density at radius 2 is 2.19 bits per heavy atom. The summed E-state index contributed by atoms with van der Waals surface area (Å²) < 4.78 is 1.20. The van der Waals surface area contributed by atoms with Crippen molar-refractivity contribution in [2.24, 2.45) is 0 Å². The first-order chi connectivity index (χ1) is 9.81. The fraction of sp³-hybridized carbons (Fsp3) is 0.583. The normalized spacial score (nSPS) is 10.6. The van der Waals surface area contributed by atoms with Gasteiger partial charge in [0, 0.05) is 19.0 Å². The zero-order chi connectivity index (χ0) is 16.0. The maximum Gasteiger partial charge on any atom is 0.389 e. The minimum atomic E-state index is -0.908. The summed E-state index contributed by atoms with van der Waals surface area (Å²) in [5.74, 6) is -1.48. The molecule has 21 heavy (non-hydrogen) atoms. The van der Waals surface area contributed by atoms with Gasteiger partial charge in [-0.15, -0.1) is 0 Å². The van der Waals surface area contributed by atoms with Gasteiger partial charge in [0.1, 0.15) is 6.54 Å². The van der Waals surface area contributed by atoms with Crippen LogP contribution in [-0.4, -0.2) is 49.2 Å². The third-order valence-electron chi connectivity index (χ3n) is 2.84. The van der Waals surface area contributed by atoms with Crippen LogP contribution in [0.2, 0.25) is 0 Å². The third kappa shape index (κ3) is 5.21. The molecule has 0 bridgehead atoms. The summed E-state index contributed by atoms with van der Waals surface area (Å²) in [7, 11) is 0. The van der Waals surface area contributed by atoms with E-state index in [-0.39, 0.29) is 30.7 Å². The fourth-order valence-electron chi connectivity index (χ4n) is 1.84. The number of amides is 1. The molecule has 0 spiro atoms. The smallest absolute Gasteiger partial charge is 0.389 e. The van der Waals surface area contributed by atoms with Crippen LogP contribution in [0.4, 0.5) is 5.82 Å². The molecule has 0 saturated heterocycles. The van der Waals surface area contributed by atoms with Crippen molar-refractivity contribution in [2.45, 2.75) is 39.3 Å². The highest BCUT2D eigenvalue weighted by molar-refractivity contribution is 5.76. The molecular weight excluding hydrogens is 280 g/mol. The summed E-state index contributed by atoms with van der Waals surface area (Å²) in [6.45, 7) is 3.86. The van der Waals surface area contributed by atoms with Gasteiger partial charge in [0.05, 0.1) is 17.4 Å². The fourth-order valence-corrected chi connectivity index (χ4v) is 1.84. The summed E-state index contributed by atoms with van der Waals surface area (Å²) in [4.78, 5) is 34.1. The van der Waals surface area contributed by atoms with Crippen molar-refractivity contribution in [1.82, 2.24) is 14.7 Å². The van der Waals surface area contributed by atoms with E-state index in [1.54, 1.807) is 0 Å². The molecule has 1 aromatic rings. The number of nitrogens with zero attached hydrogens (tertiary/aromatic N) is 4. The summed E-state index contributed by atoms with van der Waals surface area (Å²) in [5.41, 5.74) is 0. The SMILES string of the molecule is CC(C)N(CCCC(=O)O)C(=O)Cn1ccc([N+](=O)[O-])n1. The Labute approximate surface area is 121 Å². The van der Waals surface area contributed by atoms with Gasteiger partial charge < -0.3 is 20.1 Å². The Bertz CT molecular complexity index is 525. The highest BCUT2D eigenvalue weighted by atomic mass is 16.6. The van der Waals surface area contributed by atoms with Crippen LogP contribution < -0.4 is 0 Å². The highest BCUT2D eigenvalue weighted by Crippen LogP contribution is 2.08. The minimum absolute atomic E-state index is 0.0102. The summed E-state index contributed by atoms with van der Waals surface area (Å²) in [6.07, 6.45) is 1.72. The number of rotatable bonds is 8. The number of carbonyl (C=O) groups is 2. The number of aliphatic carboxylic acids is 1. The number of carbonyl (C=O) groups excluding carboxylic acids is 1. The lowest BCUT2D eigenvalue weighted by molar-refractivity contribution is -0.389. The molecule has 1 heterocycles. The van der Waals surface area contributed by atoms with Crippen LogP contribution in [0.15, 0.2) is 12.3 Å². The molecule has 0 atom stereocenters. The van der Waals surface area contributed by atoms with E-state index in [4.69, 9.17) is 5.11 Å². The van der Waals surface area contributed by atoms with E-state index >= 15 is 0 Å². The summed E-state index contributed by atoms with van der Waals surface area (Å²) >= 11 is 0. The molecule has 0 unspecified atom stereocenters. The Balaban J connectivity index is 2.63. The molecule has 0 aliphatic heterocycles. The number of hydrogen-bond acceptors (Lipinski definition) is 5. The van der Waals surface area contributed by atoms with Gasteiger partial charge >= 0.3 is 11.8 Å². The molecule has 1 rings (SSSR count). The molecule has 0 aliphatic rings. The number of aromatic nitrogens is 2. The average Bonchev–Trinajstić information content (AvgIpc) is 2.82. The second-order valence-electron chi connectivity index (χ2n) is 4.81. The maximum atomic E-state index is 12.2. The minimum Gasteiger partial charge on any atom is -0.481 e. The average molecular weight is 298 g/mol. The largest absolute Gasteiger partial charge is 0.481 e. The van der Waals surface area contributed by atoms with E-state index in [1.807, 2.05) is 13.8 Å². The van der Waals surface area contributed by atoms with Crippen LogP contribution >= 0.6 is 0 Å². The second-order valence-corrected chi connectivity index (χ2v) is 4.81. The Morgan fingerprint density at radius 3 is 2.67 bits per heavy atom. The van der Waals surface area contributed by atoms with Crippen LogP contribution in [0.25, 0.3) is 0 Å². The van der Waals surface area contributed by atoms with Crippen molar-refractivity contribution < 1.29 is 19.6 Å². The van der Waals surface area contributed by atoms with Crippen LogP contribution in [0.5, 0.6) is 0 Å². The molecule has 9 nitrogen and oxygen atoms in total. The third-order valence-corrected chi connectivity index (χ3v) is 2.84. The van der Waals surface area contributed by atoms with Gasteiger partial charge in [0.2, 0.25) is 5.91 Å². The number of carboxylic acids is 1. The molecule has 0 radical (unpaired) electrons. The molecule has 0 saturated carbocycles. The Hall–Kier alpha value is -2.45. The van der Waals surface area contributed by atoms with Crippen LogP contribution in [0.1, 0.15) is 26.7 Å². The van der Waals surface area contributed by atoms with Gasteiger partial charge in [0.25, 0.3) is 0 Å². The zero-order valence-corrected chi connectivity index (χ0v) is 11.9. The van der Waals surface area contributed by atoms with Crippen molar-refractivity contribution >= 4 is 17.7 Å². The molecular formula is C12H18N4O5. The molecule has 9 heteroatoms. The van der Waals surface area contributed by atoms with E-state index in [1.165, 1.54) is 21.8 Å². The monoisotopic (exact) mass is 298 g/mol. The first-order valence-electron chi connectivity index (χ1n) is 6.50. The van der Waals surface area contributed by atoms with E-state index < -0.39 is 10.9 Å². The van der Waals surface area contributed by atoms with Gasteiger partial charge in [-0.2, -0.15) is 4.68 Å². The standard InChI is InChI=1S/C12H18N4O5/c1-9(2)15(6-3-4-12(18)19)11(17)8-14-7-5-10(13-14)16(20)21/h5,7,9H,3-4,6,8H2,1-2H3,(H,18,19). The van der Waals surface area contributed by atoms with Crippen molar-refractivity contribution in [3.05, 3.63) is 22.4 Å². The lowest BCUT2D eigenvalue weighted by Gasteiger charge is -2.26. The molecule has 0 aromatic carbocycles. The first kappa shape index (κ1) is 16.6.